The Morgan fingerprint density at radius 3 is 2.90 bits per heavy atom. The molecule has 0 spiro atoms. The first kappa shape index (κ1) is 14.1. The first-order valence-electron chi connectivity index (χ1n) is 6.72. The molecule has 7 heteroatoms. The van der Waals surface area contributed by atoms with Crippen molar-refractivity contribution in [2.75, 3.05) is 16.8 Å². The van der Waals surface area contributed by atoms with Crippen LogP contribution in [0.5, 0.6) is 0 Å². The summed E-state index contributed by atoms with van der Waals surface area (Å²) in [6, 6.07) is 4.38. The molecule has 0 bridgehead atoms. The lowest BCUT2D eigenvalue weighted by Crippen LogP contribution is -2.25. The van der Waals surface area contributed by atoms with Crippen LogP contribution in [0.25, 0.3) is 10.9 Å². The van der Waals surface area contributed by atoms with E-state index < -0.39 is 10.7 Å². The minimum absolute atomic E-state index is 0.187. The maximum atomic E-state index is 14.3. The highest BCUT2D eigenvalue weighted by molar-refractivity contribution is 7.99. The van der Waals surface area contributed by atoms with Crippen molar-refractivity contribution in [2.45, 2.75) is 18.9 Å². The molecule has 0 saturated carbocycles. The fourth-order valence-electron chi connectivity index (χ4n) is 2.53. The van der Waals surface area contributed by atoms with Crippen LogP contribution in [0.2, 0.25) is 0 Å². The SMILES string of the molecule is O=[N+]([O-])c1cc(F)c(NC2CCSCC2)c2ncccc12. The van der Waals surface area contributed by atoms with Crippen molar-refractivity contribution in [2.24, 2.45) is 0 Å². The standard InChI is InChI=1S/C14H14FN3O2S/c15-11-8-12(18(19)20)10-2-1-5-16-13(10)14(11)17-9-3-6-21-7-4-9/h1-2,5,8-9,17H,3-4,6-7H2. The Morgan fingerprint density at radius 2 is 2.19 bits per heavy atom. The number of nitro groups is 1. The average molecular weight is 307 g/mol. The molecular formula is C14H14FN3O2S. The van der Waals surface area contributed by atoms with E-state index in [1.165, 1.54) is 6.20 Å². The van der Waals surface area contributed by atoms with Crippen molar-refractivity contribution >= 4 is 34.0 Å². The fraction of sp³-hybridized carbons (Fsp3) is 0.357. The Kier molecular flexibility index (Phi) is 3.92. The van der Waals surface area contributed by atoms with Crippen LogP contribution in [-0.4, -0.2) is 27.5 Å². The highest BCUT2D eigenvalue weighted by atomic mass is 32.2. The lowest BCUT2D eigenvalue weighted by Gasteiger charge is -2.24. The number of nitrogens with one attached hydrogen (secondary N) is 1. The number of nitro benzene ring substituents is 1. The van der Waals surface area contributed by atoms with Crippen molar-refractivity contribution in [3.63, 3.8) is 0 Å². The zero-order chi connectivity index (χ0) is 14.8. The molecule has 1 aliphatic rings. The molecule has 3 rings (SSSR count). The summed E-state index contributed by atoms with van der Waals surface area (Å²) in [5, 5.41) is 14.6. The maximum Gasteiger partial charge on any atom is 0.281 e. The summed E-state index contributed by atoms with van der Waals surface area (Å²) in [4.78, 5) is 14.6. The molecule has 0 amide bonds. The number of non-ortho nitro benzene ring substituents is 1. The third-order valence-electron chi connectivity index (χ3n) is 3.59. The lowest BCUT2D eigenvalue weighted by atomic mass is 10.1. The largest absolute Gasteiger partial charge is 0.378 e. The summed E-state index contributed by atoms with van der Waals surface area (Å²) in [5.74, 6) is 1.46. The number of aromatic nitrogens is 1. The van der Waals surface area contributed by atoms with E-state index in [4.69, 9.17) is 0 Å². The third-order valence-corrected chi connectivity index (χ3v) is 4.64. The van der Waals surface area contributed by atoms with E-state index in [1.54, 1.807) is 12.1 Å². The highest BCUT2D eigenvalue weighted by Crippen LogP contribution is 2.34. The summed E-state index contributed by atoms with van der Waals surface area (Å²) in [7, 11) is 0. The van der Waals surface area contributed by atoms with Gasteiger partial charge in [-0.2, -0.15) is 11.8 Å². The molecule has 110 valence electrons. The number of pyridine rings is 1. The van der Waals surface area contributed by atoms with Crippen molar-refractivity contribution < 1.29 is 9.31 Å². The molecule has 0 radical (unpaired) electrons. The van der Waals surface area contributed by atoms with Crippen LogP contribution in [-0.2, 0) is 0 Å². The molecule has 5 nitrogen and oxygen atoms in total. The first-order valence-corrected chi connectivity index (χ1v) is 7.88. The van der Waals surface area contributed by atoms with Crippen LogP contribution in [0, 0.1) is 15.9 Å². The van der Waals surface area contributed by atoms with E-state index in [0.29, 0.717) is 10.9 Å². The molecular weight excluding hydrogens is 293 g/mol. The third kappa shape index (κ3) is 2.78. The summed E-state index contributed by atoms with van der Waals surface area (Å²) >= 11 is 1.88. The molecule has 1 N–H and O–H groups in total. The topological polar surface area (TPSA) is 68.1 Å². The zero-order valence-corrected chi connectivity index (χ0v) is 12.0. The quantitative estimate of drug-likeness (QED) is 0.693. The molecule has 1 saturated heterocycles. The molecule has 0 aliphatic carbocycles. The maximum absolute atomic E-state index is 14.3. The number of thioether (sulfide) groups is 1. The first-order chi connectivity index (χ1) is 10.2. The number of benzene rings is 1. The number of nitrogens with zero attached hydrogens (tertiary/aromatic N) is 2. The monoisotopic (exact) mass is 307 g/mol. The predicted octanol–water partition coefficient (Wildman–Crippen LogP) is 3.59. The van der Waals surface area contributed by atoms with Crippen LogP contribution in [0.1, 0.15) is 12.8 Å². The molecule has 1 aromatic carbocycles. The molecule has 2 aromatic rings. The van der Waals surface area contributed by atoms with Gasteiger partial charge in [-0.3, -0.25) is 15.1 Å². The molecule has 2 heterocycles. The van der Waals surface area contributed by atoms with E-state index >= 15 is 0 Å². The lowest BCUT2D eigenvalue weighted by molar-refractivity contribution is -0.383. The second kappa shape index (κ2) is 5.85. The second-order valence-electron chi connectivity index (χ2n) is 4.94. The smallest absolute Gasteiger partial charge is 0.281 e. The van der Waals surface area contributed by atoms with E-state index in [-0.39, 0.29) is 17.4 Å². The van der Waals surface area contributed by atoms with E-state index in [9.17, 15) is 14.5 Å². The van der Waals surface area contributed by atoms with E-state index in [1.807, 2.05) is 11.8 Å². The van der Waals surface area contributed by atoms with Crippen LogP contribution < -0.4 is 5.32 Å². The molecule has 0 unspecified atom stereocenters. The normalized spacial score (nSPS) is 16.0. The summed E-state index contributed by atoms with van der Waals surface area (Å²) in [5.41, 5.74) is 0.343. The van der Waals surface area contributed by atoms with Crippen molar-refractivity contribution in [1.29, 1.82) is 0 Å². The number of hydrogen-bond donors (Lipinski definition) is 1. The van der Waals surface area contributed by atoms with Gasteiger partial charge in [0, 0.05) is 12.2 Å². The van der Waals surface area contributed by atoms with Gasteiger partial charge in [0.2, 0.25) is 0 Å². The van der Waals surface area contributed by atoms with Gasteiger partial charge in [0.25, 0.3) is 5.69 Å². The molecule has 1 aliphatic heterocycles. The summed E-state index contributed by atoms with van der Waals surface area (Å²) in [6.45, 7) is 0. The van der Waals surface area contributed by atoms with Gasteiger partial charge >= 0.3 is 0 Å². The molecule has 0 atom stereocenters. The Hall–Kier alpha value is -1.89. The fourth-order valence-corrected chi connectivity index (χ4v) is 3.64. The van der Waals surface area contributed by atoms with Crippen LogP contribution in [0.3, 0.4) is 0 Å². The second-order valence-corrected chi connectivity index (χ2v) is 6.16. The Bertz CT molecular complexity index is 689. The minimum atomic E-state index is -0.619. The number of rotatable bonds is 3. The predicted molar refractivity (Wildman–Crippen MR) is 82.3 cm³/mol. The number of anilines is 1. The van der Waals surface area contributed by atoms with Gasteiger partial charge in [0.1, 0.15) is 5.52 Å². The highest BCUT2D eigenvalue weighted by Gasteiger charge is 2.22. The Balaban J connectivity index is 2.07. The number of hydrogen-bond acceptors (Lipinski definition) is 5. The molecule has 1 fully saturated rings. The summed E-state index contributed by atoms with van der Waals surface area (Å²) < 4.78 is 14.3. The Morgan fingerprint density at radius 1 is 1.43 bits per heavy atom. The van der Waals surface area contributed by atoms with E-state index in [0.717, 1.165) is 30.4 Å². The van der Waals surface area contributed by atoms with Gasteiger partial charge in [0.05, 0.1) is 22.1 Å². The average Bonchev–Trinajstić information content (AvgIpc) is 2.50. The summed E-state index contributed by atoms with van der Waals surface area (Å²) in [6.07, 6.45) is 3.43. The molecule has 1 aromatic heterocycles. The molecule has 21 heavy (non-hydrogen) atoms. The zero-order valence-electron chi connectivity index (χ0n) is 11.2. The van der Waals surface area contributed by atoms with Gasteiger partial charge in [-0.1, -0.05) is 0 Å². The van der Waals surface area contributed by atoms with Gasteiger partial charge in [-0.05, 0) is 36.5 Å². The van der Waals surface area contributed by atoms with Crippen LogP contribution in [0.4, 0.5) is 15.8 Å². The van der Waals surface area contributed by atoms with Gasteiger partial charge in [0.15, 0.2) is 5.82 Å². The van der Waals surface area contributed by atoms with Crippen LogP contribution >= 0.6 is 11.8 Å². The van der Waals surface area contributed by atoms with Gasteiger partial charge in [-0.15, -0.1) is 0 Å². The van der Waals surface area contributed by atoms with Gasteiger partial charge in [-0.25, -0.2) is 4.39 Å². The van der Waals surface area contributed by atoms with Crippen molar-refractivity contribution in [3.8, 4) is 0 Å². The number of halogens is 1. The van der Waals surface area contributed by atoms with Crippen molar-refractivity contribution in [1.82, 2.24) is 4.98 Å². The van der Waals surface area contributed by atoms with Crippen molar-refractivity contribution in [3.05, 3.63) is 40.3 Å². The minimum Gasteiger partial charge on any atom is -0.378 e. The van der Waals surface area contributed by atoms with Gasteiger partial charge < -0.3 is 5.32 Å². The number of fused-ring (bicyclic) bond motifs is 1. The Labute approximate surface area is 125 Å². The van der Waals surface area contributed by atoms with Crippen LogP contribution in [0.15, 0.2) is 24.4 Å². The van der Waals surface area contributed by atoms with E-state index in [2.05, 4.69) is 10.3 Å².